The Morgan fingerprint density at radius 2 is 2.07 bits per heavy atom. The molecule has 0 saturated carbocycles. The summed E-state index contributed by atoms with van der Waals surface area (Å²) < 4.78 is 0. The van der Waals surface area contributed by atoms with Gasteiger partial charge >= 0.3 is 0 Å². The molecule has 2 heteroatoms. The number of nitrogens with zero attached hydrogens (tertiary/aromatic N) is 2. The van der Waals surface area contributed by atoms with Crippen molar-refractivity contribution < 1.29 is 0 Å². The number of hydrogen-bond donors (Lipinski definition) is 0. The van der Waals surface area contributed by atoms with Gasteiger partial charge in [0.2, 0.25) is 0 Å². The molecule has 0 atom stereocenters. The molecule has 2 heterocycles. The predicted octanol–water partition coefficient (Wildman–Crippen LogP) is 2.20. The highest BCUT2D eigenvalue weighted by Gasteiger charge is 2.19. The molecule has 2 rings (SSSR count). The van der Waals surface area contributed by atoms with Gasteiger partial charge in [0.15, 0.2) is 0 Å². The quantitative estimate of drug-likeness (QED) is 0.675. The molecule has 0 aromatic carbocycles. The summed E-state index contributed by atoms with van der Waals surface area (Å²) in [5.41, 5.74) is 2.67. The Labute approximate surface area is 86.0 Å². The monoisotopic (exact) mass is 190 g/mol. The molecule has 1 aliphatic heterocycles. The number of piperidine rings is 1. The highest BCUT2D eigenvalue weighted by atomic mass is 15.1. The lowest BCUT2D eigenvalue weighted by atomic mass is 9.89. The maximum Gasteiger partial charge on any atom is 0.0407 e. The van der Waals surface area contributed by atoms with E-state index in [1.807, 2.05) is 6.20 Å². The van der Waals surface area contributed by atoms with Gasteiger partial charge in [0, 0.05) is 11.9 Å². The van der Waals surface area contributed by atoms with Crippen molar-refractivity contribution in [3.63, 3.8) is 0 Å². The number of hydrogen-bond acceptors (Lipinski definition) is 2. The van der Waals surface area contributed by atoms with Crippen molar-refractivity contribution in [2.45, 2.75) is 25.7 Å². The third-order valence-electron chi connectivity index (χ3n) is 3.21. The third kappa shape index (κ3) is 1.95. The minimum atomic E-state index is 0.736. The van der Waals surface area contributed by atoms with Crippen molar-refractivity contribution in [2.24, 2.45) is 0 Å². The molecule has 1 aromatic rings. The van der Waals surface area contributed by atoms with Crippen LogP contribution in [-0.4, -0.2) is 30.0 Å². The summed E-state index contributed by atoms with van der Waals surface area (Å²) in [5.74, 6) is 0.736. The molecule has 0 N–H and O–H groups in total. The molecule has 1 fully saturated rings. The van der Waals surface area contributed by atoms with Crippen LogP contribution < -0.4 is 0 Å². The van der Waals surface area contributed by atoms with Gasteiger partial charge in [-0.15, -0.1) is 0 Å². The highest BCUT2D eigenvalue weighted by Crippen LogP contribution is 2.28. The van der Waals surface area contributed by atoms with Gasteiger partial charge in [-0.3, -0.25) is 4.98 Å². The van der Waals surface area contributed by atoms with E-state index < -0.39 is 0 Å². The summed E-state index contributed by atoms with van der Waals surface area (Å²) >= 11 is 0. The van der Waals surface area contributed by atoms with Gasteiger partial charge in [0.05, 0.1) is 0 Å². The number of rotatable bonds is 1. The molecule has 0 unspecified atom stereocenters. The van der Waals surface area contributed by atoms with Crippen LogP contribution in [-0.2, 0) is 0 Å². The summed E-state index contributed by atoms with van der Waals surface area (Å²) in [5, 5.41) is 0. The van der Waals surface area contributed by atoms with E-state index in [1.54, 1.807) is 0 Å². The van der Waals surface area contributed by atoms with Crippen LogP contribution in [0.2, 0.25) is 0 Å². The normalized spacial score (nSPS) is 19.9. The minimum Gasteiger partial charge on any atom is -0.306 e. The molecule has 76 valence electrons. The van der Waals surface area contributed by atoms with E-state index in [1.165, 1.54) is 37.2 Å². The second-order valence-corrected chi connectivity index (χ2v) is 4.26. The summed E-state index contributed by atoms with van der Waals surface area (Å²) in [6, 6.07) is 4.29. The van der Waals surface area contributed by atoms with E-state index in [-0.39, 0.29) is 0 Å². The molecule has 0 spiro atoms. The zero-order chi connectivity index (χ0) is 9.97. The van der Waals surface area contributed by atoms with Crippen molar-refractivity contribution in [1.29, 1.82) is 0 Å². The second-order valence-electron chi connectivity index (χ2n) is 4.26. The van der Waals surface area contributed by atoms with Crippen LogP contribution in [0.3, 0.4) is 0 Å². The van der Waals surface area contributed by atoms with E-state index in [9.17, 15) is 0 Å². The van der Waals surface area contributed by atoms with E-state index in [0.717, 1.165) is 5.92 Å². The number of likely N-dealkylation sites (tertiary alicyclic amines) is 1. The standard InChI is InChI=1S/C12H18N2/c1-10-12(4-3-7-13-10)11-5-8-14(2)9-6-11/h3-4,7,11H,5-6,8-9H2,1-2H3. The van der Waals surface area contributed by atoms with Crippen molar-refractivity contribution in [1.82, 2.24) is 9.88 Å². The van der Waals surface area contributed by atoms with E-state index >= 15 is 0 Å². The smallest absolute Gasteiger partial charge is 0.0407 e. The van der Waals surface area contributed by atoms with Crippen LogP contribution in [0.25, 0.3) is 0 Å². The summed E-state index contributed by atoms with van der Waals surface area (Å²) in [6.45, 7) is 4.56. The SMILES string of the molecule is Cc1ncccc1C1CCN(C)CC1. The van der Waals surface area contributed by atoms with Crippen molar-refractivity contribution in [3.8, 4) is 0 Å². The molecule has 0 amide bonds. The van der Waals surface area contributed by atoms with Gasteiger partial charge in [0.25, 0.3) is 0 Å². The number of pyridine rings is 1. The molecule has 0 radical (unpaired) electrons. The third-order valence-corrected chi connectivity index (χ3v) is 3.21. The van der Waals surface area contributed by atoms with Crippen LogP contribution in [0.15, 0.2) is 18.3 Å². The Morgan fingerprint density at radius 3 is 2.71 bits per heavy atom. The Morgan fingerprint density at radius 1 is 1.36 bits per heavy atom. The van der Waals surface area contributed by atoms with E-state index in [2.05, 4.69) is 36.0 Å². The molecule has 1 aromatic heterocycles. The molecule has 0 aliphatic carbocycles. The van der Waals surface area contributed by atoms with Crippen LogP contribution in [0.1, 0.15) is 30.0 Å². The second kappa shape index (κ2) is 4.09. The molecular formula is C12H18N2. The lowest BCUT2D eigenvalue weighted by Crippen LogP contribution is -2.29. The maximum atomic E-state index is 4.36. The fourth-order valence-corrected chi connectivity index (χ4v) is 2.25. The first-order valence-electron chi connectivity index (χ1n) is 5.37. The summed E-state index contributed by atoms with van der Waals surface area (Å²) in [6.07, 6.45) is 4.44. The predicted molar refractivity (Wildman–Crippen MR) is 58.4 cm³/mol. The van der Waals surface area contributed by atoms with Crippen LogP contribution in [0.5, 0.6) is 0 Å². The number of aromatic nitrogens is 1. The molecule has 2 nitrogen and oxygen atoms in total. The fraction of sp³-hybridized carbons (Fsp3) is 0.583. The highest BCUT2D eigenvalue weighted by molar-refractivity contribution is 5.23. The summed E-state index contributed by atoms with van der Waals surface area (Å²) in [7, 11) is 2.20. The fourth-order valence-electron chi connectivity index (χ4n) is 2.25. The topological polar surface area (TPSA) is 16.1 Å². The average molecular weight is 190 g/mol. The van der Waals surface area contributed by atoms with Gasteiger partial charge < -0.3 is 4.90 Å². The number of aryl methyl sites for hydroxylation is 1. The molecule has 0 bridgehead atoms. The van der Waals surface area contributed by atoms with Gasteiger partial charge in [-0.25, -0.2) is 0 Å². The van der Waals surface area contributed by atoms with Crippen molar-refractivity contribution in [3.05, 3.63) is 29.6 Å². The molecule has 1 saturated heterocycles. The van der Waals surface area contributed by atoms with Crippen molar-refractivity contribution in [2.75, 3.05) is 20.1 Å². The van der Waals surface area contributed by atoms with E-state index in [0.29, 0.717) is 0 Å². The zero-order valence-corrected chi connectivity index (χ0v) is 9.03. The summed E-state index contributed by atoms with van der Waals surface area (Å²) in [4.78, 5) is 6.76. The Balaban J connectivity index is 2.12. The van der Waals surface area contributed by atoms with Gasteiger partial charge in [-0.05, 0) is 57.5 Å². The van der Waals surface area contributed by atoms with Gasteiger partial charge in [-0.2, -0.15) is 0 Å². The Bertz CT molecular complexity index is 301. The maximum absolute atomic E-state index is 4.36. The van der Waals surface area contributed by atoms with Crippen molar-refractivity contribution >= 4 is 0 Å². The van der Waals surface area contributed by atoms with Crippen LogP contribution in [0.4, 0.5) is 0 Å². The first-order chi connectivity index (χ1) is 6.77. The Kier molecular flexibility index (Phi) is 2.82. The van der Waals surface area contributed by atoms with Gasteiger partial charge in [0.1, 0.15) is 0 Å². The lowest BCUT2D eigenvalue weighted by Gasteiger charge is -2.29. The largest absolute Gasteiger partial charge is 0.306 e. The minimum absolute atomic E-state index is 0.736. The first kappa shape index (κ1) is 9.66. The lowest BCUT2D eigenvalue weighted by molar-refractivity contribution is 0.255. The van der Waals surface area contributed by atoms with Crippen LogP contribution >= 0.6 is 0 Å². The zero-order valence-electron chi connectivity index (χ0n) is 9.03. The molecule has 1 aliphatic rings. The molecule has 14 heavy (non-hydrogen) atoms. The Hall–Kier alpha value is -0.890. The average Bonchev–Trinajstić information content (AvgIpc) is 2.20. The van der Waals surface area contributed by atoms with Gasteiger partial charge in [-0.1, -0.05) is 6.07 Å². The molecular weight excluding hydrogens is 172 g/mol. The first-order valence-corrected chi connectivity index (χ1v) is 5.37. The van der Waals surface area contributed by atoms with Crippen LogP contribution in [0, 0.1) is 6.92 Å². The van der Waals surface area contributed by atoms with E-state index in [4.69, 9.17) is 0 Å².